The molecule has 1 aliphatic heterocycles. The highest BCUT2D eigenvalue weighted by atomic mass is 127. The zero-order valence-electron chi connectivity index (χ0n) is 19.3. The van der Waals surface area contributed by atoms with Crippen LogP contribution in [0.2, 0.25) is 0 Å². The number of carbonyl (C=O) groups is 1. The highest BCUT2D eigenvalue weighted by molar-refractivity contribution is 14.1. The number of benzene rings is 3. The normalized spacial score (nSPS) is 16.3. The highest BCUT2D eigenvalue weighted by Gasteiger charge is 2.27. The van der Waals surface area contributed by atoms with Crippen LogP contribution in [0.5, 0.6) is 5.75 Å². The van der Waals surface area contributed by atoms with Crippen molar-refractivity contribution in [3.8, 4) is 5.75 Å². The van der Waals surface area contributed by atoms with E-state index in [0.29, 0.717) is 17.9 Å². The first-order valence-electron chi connectivity index (χ1n) is 11.3. The van der Waals surface area contributed by atoms with E-state index in [0.717, 1.165) is 39.0 Å². The summed E-state index contributed by atoms with van der Waals surface area (Å²) in [6.45, 7) is 6.51. The second kappa shape index (κ2) is 12.1. The minimum atomic E-state index is -0.214. The number of aryl methyl sites for hydroxylation is 1. The molecule has 4 rings (SSSR count). The maximum atomic E-state index is 12.6. The molecule has 0 aliphatic carbocycles. The summed E-state index contributed by atoms with van der Waals surface area (Å²) in [7, 11) is 0. The maximum Gasteiger partial charge on any atom is 0.260 e. The fourth-order valence-electron chi connectivity index (χ4n) is 3.67. The zero-order valence-corrected chi connectivity index (χ0v) is 23.9. The molecule has 2 N–H and O–H groups in total. The van der Waals surface area contributed by atoms with Crippen molar-refractivity contribution in [1.29, 1.82) is 0 Å². The molecular weight excluding hydrogens is 635 g/mol. The lowest BCUT2D eigenvalue weighted by atomic mass is 10.1. The minimum absolute atomic E-state index is 0.0851. The van der Waals surface area contributed by atoms with Crippen LogP contribution >= 0.6 is 50.3 Å². The third-order valence-electron chi connectivity index (χ3n) is 5.49. The SMILES string of the molecule is C=CCc1cc(/C=C2\S[C@@H](Nc3ccc(CC)cc3)NC2=O)cc(Br)c1OCc1ccc(I)cc1. The van der Waals surface area contributed by atoms with Gasteiger partial charge in [0.25, 0.3) is 5.91 Å². The molecule has 7 heteroatoms. The molecule has 0 bridgehead atoms. The van der Waals surface area contributed by atoms with E-state index in [1.807, 2.05) is 30.4 Å². The summed E-state index contributed by atoms with van der Waals surface area (Å²) in [5, 5.41) is 6.37. The van der Waals surface area contributed by atoms with Crippen LogP contribution in [0.1, 0.15) is 29.2 Å². The molecule has 1 amide bonds. The zero-order chi connectivity index (χ0) is 24.8. The third-order valence-corrected chi connectivity index (χ3v) is 7.83. The number of allylic oxidation sites excluding steroid dienone is 1. The summed E-state index contributed by atoms with van der Waals surface area (Å²) in [4.78, 5) is 13.3. The molecule has 180 valence electrons. The van der Waals surface area contributed by atoms with Crippen LogP contribution in [0.15, 0.2) is 82.7 Å². The van der Waals surface area contributed by atoms with Crippen LogP contribution in [-0.2, 0) is 24.2 Å². The van der Waals surface area contributed by atoms with E-state index >= 15 is 0 Å². The van der Waals surface area contributed by atoms with Gasteiger partial charge in [0.05, 0.1) is 9.38 Å². The van der Waals surface area contributed by atoms with E-state index in [-0.39, 0.29) is 11.4 Å². The predicted molar refractivity (Wildman–Crippen MR) is 158 cm³/mol. The van der Waals surface area contributed by atoms with E-state index in [9.17, 15) is 4.79 Å². The second-order valence-corrected chi connectivity index (χ2v) is 11.3. The molecule has 1 saturated heterocycles. The molecule has 1 aliphatic rings. The lowest BCUT2D eigenvalue weighted by molar-refractivity contribution is -0.116. The van der Waals surface area contributed by atoms with E-state index in [1.54, 1.807) is 0 Å². The first-order chi connectivity index (χ1) is 16.9. The smallest absolute Gasteiger partial charge is 0.260 e. The summed E-state index contributed by atoms with van der Waals surface area (Å²) in [6, 6.07) is 20.6. The molecule has 0 aromatic heterocycles. The van der Waals surface area contributed by atoms with Crippen molar-refractivity contribution in [2.24, 2.45) is 0 Å². The highest BCUT2D eigenvalue weighted by Crippen LogP contribution is 2.35. The summed E-state index contributed by atoms with van der Waals surface area (Å²) in [5.41, 5.74) is 5.10. The standard InChI is InChI=1S/C28H26BrIN2O2S/c1-3-5-21-14-20(15-24(29)26(21)34-17-19-6-10-22(30)11-7-19)16-25-27(33)32-28(35-25)31-23-12-8-18(4-2)9-13-23/h3,6-16,28,31H,1,4-5,17H2,2H3,(H,32,33)/b25-16-/t28-/m0/s1. The van der Waals surface area contributed by atoms with E-state index in [4.69, 9.17) is 4.74 Å². The Hall–Kier alpha value is -2.23. The van der Waals surface area contributed by atoms with Gasteiger partial charge in [0.1, 0.15) is 12.4 Å². The van der Waals surface area contributed by atoms with Gasteiger partial charge in [-0.05, 0) is 116 Å². The summed E-state index contributed by atoms with van der Waals surface area (Å²) >= 11 is 7.45. The average Bonchev–Trinajstić information content (AvgIpc) is 3.18. The van der Waals surface area contributed by atoms with E-state index < -0.39 is 0 Å². The van der Waals surface area contributed by atoms with Crippen molar-refractivity contribution in [3.63, 3.8) is 0 Å². The fourth-order valence-corrected chi connectivity index (χ4v) is 5.64. The van der Waals surface area contributed by atoms with Crippen LogP contribution in [0, 0.1) is 3.57 Å². The molecule has 0 radical (unpaired) electrons. The monoisotopic (exact) mass is 660 g/mol. The van der Waals surface area contributed by atoms with E-state index in [2.05, 4.69) is 105 Å². The molecule has 3 aromatic rings. The minimum Gasteiger partial charge on any atom is -0.487 e. The predicted octanol–water partition coefficient (Wildman–Crippen LogP) is 7.52. The average molecular weight is 661 g/mol. The van der Waals surface area contributed by atoms with Crippen molar-refractivity contribution < 1.29 is 9.53 Å². The van der Waals surface area contributed by atoms with Crippen molar-refractivity contribution in [3.05, 3.63) is 109 Å². The number of nitrogens with one attached hydrogen (secondary N) is 2. The first kappa shape index (κ1) is 25.9. The largest absolute Gasteiger partial charge is 0.487 e. The van der Waals surface area contributed by atoms with Crippen molar-refractivity contribution in [2.75, 3.05) is 5.32 Å². The Bertz CT molecular complexity index is 1240. The maximum absolute atomic E-state index is 12.6. The molecule has 4 nitrogen and oxygen atoms in total. The van der Waals surface area contributed by atoms with E-state index in [1.165, 1.54) is 20.9 Å². The Balaban J connectivity index is 1.49. The number of hydrogen-bond acceptors (Lipinski definition) is 4. The summed E-state index contributed by atoms with van der Waals surface area (Å²) < 4.78 is 8.22. The summed E-state index contributed by atoms with van der Waals surface area (Å²) in [6.07, 6.45) is 5.44. The molecule has 3 aromatic carbocycles. The molecule has 0 unspecified atom stereocenters. The third kappa shape index (κ3) is 6.92. The molecule has 1 fully saturated rings. The number of amides is 1. The van der Waals surface area contributed by atoms with Gasteiger partial charge in [-0.2, -0.15) is 0 Å². The van der Waals surface area contributed by atoms with Gasteiger partial charge in [0.15, 0.2) is 5.50 Å². The van der Waals surface area contributed by atoms with Gasteiger partial charge in [0.2, 0.25) is 0 Å². The number of rotatable bonds is 9. The van der Waals surface area contributed by atoms with Crippen LogP contribution in [-0.4, -0.2) is 11.4 Å². The number of hydrogen-bond donors (Lipinski definition) is 2. The number of ether oxygens (including phenoxy) is 1. The van der Waals surface area contributed by atoms with Crippen LogP contribution in [0.3, 0.4) is 0 Å². The first-order valence-corrected chi connectivity index (χ1v) is 14.1. The van der Waals surface area contributed by atoms with Gasteiger partial charge in [-0.25, -0.2) is 0 Å². The van der Waals surface area contributed by atoms with Crippen molar-refractivity contribution >= 4 is 68.0 Å². The Kier molecular flexibility index (Phi) is 8.97. The fraction of sp³-hybridized carbons (Fsp3) is 0.179. The molecule has 0 spiro atoms. The van der Waals surface area contributed by atoms with Gasteiger partial charge in [0, 0.05) is 9.26 Å². The molecule has 1 atom stereocenters. The van der Waals surface area contributed by atoms with Crippen molar-refractivity contribution in [2.45, 2.75) is 31.9 Å². The molecule has 1 heterocycles. The number of halogens is 2. The molecule has 0 saturated carbocycles. The Morgan fingerprint density at radius 2 is 1.86 bits per heavy atom. The second-order valence-electron chi connectivity index (χ2n) is 8.07. The topological polar surface area (TPSA) is 50.4 Å². The lowest BCUT2D eigenvalue weighted by Crippen LogP contribution is -2.30. The Labute approximate surface area is 232 Å². The van der Waals surface area contributed by atoms with Crippen molar-refractivity contribution in [1.82, 2.24) is 5.32 Å². The Morgan fingerprint density at radius 3 is 2.54 bits per heavy atom. The van der Waals surface area contributed by atoms with Gasteiger partial charge < -0.3 is 15.4 Å². The van der Waals surface area contributed by atoms with Crippen LogP contribution in [0.4, 0.5) is 5.69 Å². The number of carbonyl (C=O) groups excluding carboxylic acids is 1. The summed E-state index contributed by atoms with van der Waals surface area (Å²) in [5.74, 6) is 0.710. The molecule has 35 heavy (non-hydrogen) atoms. The van der Waals surface area contributed by atoms with Crippen LogP contribution < -0.4 is 15.4 Å². The quantitative estimate of drug-likeness (QED) is 0.142. The van der Waals surface area contributed by atoms with Gasteiger partial charge in [-0.15, -0.1) is 6.58 Å². The van der Waals surface area contributed by atoms with Gasteiger partial charge in [-0.1, -0.05) is 49.0 Å². The lowest BCUT2D eigenvalue weighted by Gasteiger charge is -2.14. The molecular formula is C28H26BrIN2O2S. The van der Waals surface area contributed by atoms with Crippen LogP contribution in [0.25, 0.3) is 6.08 Å². The Morgan fingerprint density at radius 1 is 1.14 bits per heavy atom. The number of thioether (sulfide) groups is 1. The van der Waals surface area contributed by atoms with Gasteiger partial charge in [-0.3, -0.25) is 4.79 Å². The van der Waals surface area contributed by atoms with Gasteiger partial charge >= 0.3 is 0 Å². The number of anilines is 1.